The molecule has 0 aliphatic carbocycles. The van der Waals surface area contributed by atoms with Gasteiger partial charge in [0.2, 0.25) is 0 Å². The third-order valence-electron chi connectivity index (χ3n) is 5.29. The van der Waals surface area contributed by atoms with Gasteiger partial charge in [-0.25, -0.2) is 4.79 Å². The molecule has 0 aromatic heterocycles. The zero-order valence-electron chi connectivity index (χ0n) is 27.3. The van der Waals surface area contributed by atoms with Crippen molar-refractivity contribution in [2.24, 2.45) is 0 Å². The molecule has 0 spiro atoms. The second-order valence-corrected chi connectivity index (χ2v) is 12.0. The van der Waals surface area contributed by atoms with Crippen LogP contribution < -0.4 is 5.32 Å². The molecule has 45 heavy (non-hydrogen) atoms. The molecule has 0 heterocycles. The smallest absolute Gasteiger partial charge is 0.407 e. The van der Waals surface area contributed by atoms with Gasteiger partial charge in [-0.1, -0.05) is 17.7 Å². The summed E-state index contributed by atoms with van der Waals surface area (Å²) < 4.78 is 77.5. The highest BCUT2D eigenvalue weighted by Crippen LogP contribution is 2.13. The van der Waals surface area contributed by atoms with Crippen molar-refractivity contribution in [2.45, 2.75) is 38.2 Å². The maximum atomic E-state index is 12.1. The predicted molar refractivity (Wildman–Crippen MR) is 165 cm³/mol. The Balaban J connectivity index is 1.72. The molecule has 0 atom stereocenters. The minimum Gasteiger partial charge on any atom is -0.444 e. The number of hydrogen-bond acceptors (Lipinski definition) is 13. The first kappa shape index (κ1) is 41.1. The van der Waals surface area contributed by atoms with Crippen molar-refractivity contribution in [3.8, 4) is 0 Å². The van der Waals surface area contributed by atoms with Gasteiger partial charge in [-0.3, -0.25) is 4.18 Å². The number of carbonyl (C=O) groups excluding carboxylic acids is 1. The van der Waals surface area contributed by atoms with Crippen molar-refractivity contribution in [1.82, 2.24) is 5.32 Å². The van der Waals surface area contributed by atoms with E-state index in [9.17, 15) is 13.2 Å². The number of ether oxygens (including phenoxy) is 9. The number of benzene rings is 1. The van der Waals surface area contributed by atoms with Crippen LogP contribution in [0, 0.1) is 6.92 Å². The first-order chi connectivity index (χ1) is 21.6. The average Bonchev–Trinajstić information content (AvgIpc) is 2.98. The summed E-state index contributed by atoms with van der Waals surface area (Å²) >= 11 is 0. The lowest BCUT2D eigenvalue weighted by Gasteiger charge is -2.19. The van der Waals surface area contributed by atoms with Crippen LogP contribution in [0.2, 0.25) is 0 Å². The Morgan fingerprint density at radius 2 is 0.911 bits per heavy atom. The molecule has 0 radical (unpaired) electrons. The van der Waals surface area contributed by atoms with Crippen molar-refractivity contribution in [3.63, 3.8) is 0 Å². The van der Waals surface area contributed by atoms with Crippen LogP contribution in [-0.4, -0.2) is 139 Å². The summed E-state index contributed by atoms with van der Waals surface area (Å²) in [5.74, 6) is 0. The summed E-state index contributed by atoms with van der Waals surface area (Å²) in [6.45, 7) is 14.2. The third kappa shape index (κ3) is 25.9. The van der Waals surface area contributed by atoms with Gasteiger partial charge in [0.1, 0.15) is 5.60 Å². The molecule has 0 unspecified atom stereocenters. The lowest BCUT2D eigenvalue weighted by atomic mass is 10.2. The SMILES string of the molecule is Cc1ccc(S(=O)(=O)OCCOCCOCCOCCOCCOCCOCCOCCOCCNC(=O)OC(C)(C)C)cc1. The highest BCUT2D eigenvalue weighted by molar-refractivity contribution is 7.86. The molecule has 14 nitrogen and oxygen atoms in total. The van der Waals surface area contributed by atoms with Gasteiger partial charge in [-0.2, -0.15) is 8.42 Å². The highest BCUT2D eigenvalue weighted by atomic mass is 32.2. The van der Waals surface area contributed by atoms with Gasteiger partial charge in [0.15, 0.2) is 0 Å². The Bertz CT molecular complexity index is 956. The standard InChI is InChI=1S/C30H53NO13S/c1-27-5-7-28(8-6-27)45(33,34)43-26-25-42-24-23-41-22-21-40-20-19-39-18-17-38-16-15-37-14-13-36-12-11-35-10-9-31-29(32)44-30(2,3)4/h5-8H,9-26H2,1-4H3,(H,31,32). The molecule has 1 aromatic rings. The lowest BCUT2D eigenvalue weighted by molar-refractivity contribution is -0.0235. The first-order valence-electron chi connectivity index (χ1n) is 15.1. The van der Waals surface area contributed by atoms with E-state index in [1.807, 2.05) is 27.7 Å². The zero-order chi connectivity index (χ0) is 33.1. The van der Waals surface area contributed by atoms with Crippen molar-refractivity contribution in [2.75, 3.05) is 119 Å². The Morgan fingerprint density at radius 1 is 0.578 bits per heavy atom. The van der Waals surface area contributed by atoms with E-state index in [1.165, 1.54) is 12.1 Å². The molecular formula is C30H53NO13S. The zero-order valence-corrected chi connectivity index (χ0v) is 28.1. The van der Waals surface area contributed by atoms with Crippen molar-refractivity contribution in [1.29, 1.82) is 0 Å². The number of alkyl carbamates (subject to hydrolysis) is 1. The van der Waals surface area contributed by atoms with Crippen LogP contribution >= 0.6 is 0 Å². The van der Waals surface area contributed by atoms with Gasteiger partial charge >= 0.3 is 6.09 Å². The minimum absolute atomic E-state index is 0.0633. The molecular weight excluding hydrogens is 614 g/mol. The van der Waals surface area contributed by atoms with Crippen molar-refractivity contribution in [3.05, 3.63) is 29.8 Å². The summed E-state index contributed by atoms with van der Waals surface area (Å²) in [6, 6.07) is 6.47. The van der Waals surface area contributed by atoms with E-state index in [4.69, 9.17) is 46.8 Å². The Labute approximate surface area is 268 Å². The van der Waals surface area contributed by atoms with Crippen LogP contribution in [0.1, 0.15) is 26.3 Å². The molecule has 0 bridgehead atoms. The summed E-state index contributed by atoms with van der Waals surface area (Å²) in [6.07, 6.45) is -0.460. The van der Waals surface area contributed by atoms with Crippen LogP contribution in [0.4, 0.5) is 4.79 Å². The number of hydrogen-bond donors (Lipinski definition) is 1. The summed E-state index contributed by atoms with van der Waals surface area (Å²) in [4.78, 5) is 11.6. The van der Waals surface area contributed by atoms with E-state index in [0.29, 0.717) is 106 Å². The van der Waals surface area contributed by atoms with Gasteiger partial charge in [0.05, 0.1) is 117 Å². The van der Waals surface area contributed by atoms with Gasteiger partial charge < -0.3 is 47.9 Å². The number of nitrogens with one attached hydrogen (secondary N) is 1. The lowest BCUT2D eigenvalue weighted by Crippen LogP contribution is -2.34. The van der Waals surface area contributed by atoms with Crippen LogP contribution in [0.3, 0.4) is 0 Å². The number of rotatable bonds is 29. The second kappa shape index (κ2) is 26.2. The molecule has 0 saturated heterocycles. The van der Waals surface area contributed by atoms with E-state index in [0.717, 1.165) is 5.56 Å². The fourth-order valence-corrected chi connectivity index (χ4v) is 4.05. The molecule has 262 valence electrons. The van der Waals surface area contributed by atoms with Gasteiger partial charge in [0.25, 0.3) is 10.1 Å². The maximum Gasteiger partial charge on any atom is 0.407 e. The Morgan fingerprint density at radius 3 is 1.27 bits per heavy atom. The Kier molecular flexibility index (Phi) is 23.9. The van der Waals surface area contributed by atoms with E-state index in [1.54, 1.807) is 12.1 Å². The monoisotopic (exact) mass is 667 g/mol. The quantitative estimate of drug-likeness (QED) is 0.0983. The molecule has 0 saturated carbocycles. The first-order valence-corrected chi connectivity index (χ1v) is 16.6. The molecule has 0 fully saturated rings. The largest absolute Gasteiger partial charge is 0.444 e. The highest BCUT2D eigenvalue weighted by Gasteiger charge is 2.15. The van der Waals surface area contributed by atoms with E-state index in [2.05, 4.69) is 5.32 Å². The molecule has 1 rings (SSSR count). The van der Waals surface area contributed by atoms with E-state index in [-0.39, 0.29) is 18.1 Å². The summed E-state index contributed by atoms with van der Waals surface area (Å²) in [5, 5.41) is 2.62. The number of amides is 1. The molecule has 1 amide bonds. The normalized spacial score (nSPS) is 12.0. The fourth-order valence-electron chi connectivity index (χ4n) is 3.16. The maximum absolute atomic E-state index is 12.1. The number of aryl methyl sites for hydroxylation is 1. The molecule has 1 N–H and O–H groups in total. The van der Waals surface area contributed by atoms with Crippen LogP contribution in [0.5, 0.6) is 0 Å². The topological polar surface area (TPSA) is 156 Å². The van der Waals surface area contributed by atoms with E-state index >= 15 is 0 Å². The molecule has 1 aromatic carbocycles. The minimum atomic E-state index is -3.78. The van der Waals surface area contributed by atoms with Crippen LogP contribution in [0.25, 0.3) is 0 Å². The van der Waals surface area contributed by atoms with Gasteiger partial charge in [0, 0.05) is 6.54 Å². The predicted octanol–water partition coefficient (Wildman–Crippen LogP) is 2.36. The average molecular weight is 668 g/mol. The van der Waals surface area contributed by atoms with E-state index < -0.39 is 21.8 Å². The van der Waals surface area contributed by atoms with Crippen molar-refractivity contribution < 1.29 is 60.0 Å². The van der Waals surface area contributed by atoms with Crippen LogP contribution in [-0.2, 0) is 56.9 Å². The second-order valence-electron chi connectivity index (χ2n) is 10.4. The summed E-state index contributed by atoms with van der Waals surface area (Å²) in [5.41, 5.74) is 0.454. The molecule has 0 aliphatic heterocycles. The summed E-state index contributed by atoms with van der Waals surface area (Å²) in [7, 11) is -3.78. The number of carbonyl (C=O) groups is 1. The molecule has 15 heteroatoms. The fraction of sp³-hybridized carbons (Fsp3) is 0.767. The van der Waals surface area contributed by atoms with Crippen molar-refractivity contribution >= 4 is 16.2 Å². The Hall–Kier alpha value is -1.92. The van der Waals surface area contributed by atoms with Gasteiger partial charge in [-0.15, -0.1) is 0 Å². The van der Waals surface area contributed by atoms with Gasteiger partial charge in [-0.05, 0) is 39.8 Å². The third-order valence-corrected chi connectivity index (χ3v) is 6.62. The van der Waals surface area contributed by atoms with Crippen LogP contribution in [0.15, 0.2) is 29.2 Å². The molecule has 0 aliphatic rings.